The minimum Gasteiger partial charge on any atom is -0.464 e. The summed E-state index contributed by atoms with van der Waals surface area (Å²) in [5, 5.41) is 0. The fourth-order valence-corrected chi connectivity index (χ4v) is 0.598. The van der Waals surface area contributed by atoms with Crippen molar-refractivity contribution in [3.63, 3.8) is 0 Å². The van der Waals surface area contributed by atoms with E-state index in [9.17, 15) is 4.79 Å². The van der Waals surface area contributed by atoms with Crippen molar-refractivity contribution < 1.29 is 14.3 Å². The zero-order valence-corrected chi connectivity index (χ0v) is 8.39. The van der Waals surface area contributed by atoms with E-state index < -0.39 is 0 Å². The minimum atomic E-state index is -0.210. The maximum absolute atomic E-state index is 10.8. The summed E-state index contributed by atoms with van der Waals surface area (Å²) >= 11 is 3.26. The van der Waals surface area contributed by atoms with Crippen LogP contribution in [0.3, 0.4) is 0 Å². The van der Waals surface area contributed by atoms with Crippen molar-refractivity contribution in [2.75, 3.05) is 20.3 Å². The second kappa shape index (κ2) is 6.61. The molecule has 0 saturated carbocycles. The molecule has 1 atom stereocenters. The number of hydrogen-bond donors (Lipinski definition) is 0. The lowest BCUT2D eigenvalue weighted by molar-refractivity contribution is -0.144. The Morgan fingerprint density at radius 2 is 2.27 bits per heavy atom. The normalized spacial score (nSPS) is 12.6. The Kier molecular flexibility index (Phi) is 6.56. The molecule has 0 saturated heterocycles. The van der Waals surface area contributed by atoms with Crippen molar-refractivity contribution >= 4 is 21.9 Å². The van der Waals surface area contributed by atoms with Crippen LogP contribution in [0.2, 0.25) is 0 Å². The molecule has 4 heteroatoms. The van der Waals surface area contributed by atoms with Gasteiger partial charge in [-0.25, -0.2) is 0 Å². The van der Waals surface area contributed by atoms with Crippen molar-refractivity contribution in [1.82, 2.24) is 0 Å². The maximum Gasteiger partial charge on any atom is 0.308 e. The standard InChI is InChI=1S/C7H13BrO3/c1-6(8)5-11-7(9)3-4-10-2/h6H,3-5H2,1-2H3. The van der Waals surface area contributed by atoms with Crippen molar-refractivity contribution in [3.05, 3.63) is 0 Å². The molecule has 0 spiro atoms. The lowest BCUT2D eigenvalue weighted by Gasteiger charge is -2.04. The summed E-state index contributed by atoms with van der Waals surface area (Å²) in [5.41, 5.74) is 0. The van der Waals surface area contributed by atoms with E-state index in [0.29, 0.717) is 19.6 Å². The third-order valence-electron chi connectivity index (χ3n) is 0.984. The molecule has 0 amide bonds. The highest BCUT2D eigenvalue weighted by Crippen LogP contribution is 1.98. The summed E-state index contributed by atoms with van der Waals surface area (Å²) in [5.74, 6) is -0.210. The third-order valence-corrected chi connectivity index (χ3v) is 1.25. The van der Waals surface area contributed by atoms with Gasteiger partial charge in [-0.2, -0.15) is 0 Å². The SMILES string of the molecule is COCCC(=O)OCC(C)Br. The van der Waals surface area contributed by atoms with Gasteiger partial charge < -0.3 is 9.47 Å². The molecular formula is C7H13BrO3. The third kappa shape index (κ3) is 7.81. The van der Waals surface area contributed by atoms with Crippen molar-refractivity contribution in [1.29, 1.82) is 0 Å². The number of hydrogen-bond acceptors (Lipinski definition) is 3. The van der Waals surface area contributed by atoms with Crippen molar-refractivity contribution in [3.8, 4) is 0 Å². The molecule has 0 rings (SSSR count). The number of carbonyl (C=O) groups excluding carboxylic acids is 1. The molecule has 0 heterocycles. The molecule has 0 bridgehead atoms. The molecule has 0 radical (unpaired) electrons. The number of esters is 1. The van der Waals surface area contributed by atoms with Gasteiger partial charge in [-0.15, -0.1) is 0 Å². The summed E-state index contributed by atoms with van der Waals surface area (Å²) in [6, 6.07) is 0. The van der Waals surface area contributed by atoms with Crippen LogP contribution >= 0.6 is 15.9 Å². The lowest BCUT2D eigenvalue weighted by atomic mass is 10.4. The van der Waals surface area contributed by atoms with Crippen LogP contribution in [-0.4, -0.2) is 31.1 Å². The first kappa shape index (κ1) is 10.9. The molecule has 0 N–H and O–H groups in total. The Bertz CT molecular complexity index is 114. The van der Waals surface area contributed by atoms with Crippen LogP contribution < -0.4 is 0 Å². The summed E-state index contributed by atoms with van der Waals surface area (Å²) < 4.78 is 9.55. The maximum atomic E-state index is 10.8. The molecule has 11 heavy (non-hydrogen) atoms. The largest absolute Gasteiger partial charge is 0.464 e. The van der Waals surface area contributed by atoms with E-state index in [1.807, 2.05) is 6.92 Å². The van der Waals surface area contributed by atoms with Gasteiger partial charge in [0.25, 0.3) is 0 Å². The molecular weight excluding hydrogens is 212 g/mol. The summed E-state index contributed by atoms with van der Waals surface area (Å²) in [6.07, 6.45) is 0.330. The van der Waals surface area contributed by atoms with Gasteiger partial charge in [0.2, 0.25) is 0 Å². The van der Waals surface area contributed by atoms with Crippen molar-refractivity contribution in [2.45, 2.75) is 18.2 Å². The first-order valence-corrected chi connectivity index (χ1v) is 4.37. The molecule has 0 aromatic rings. The number of methoxy groups -OCH3 is 1. The molecule has 0 aliphatic carbocycles. The van der Waals surface area contributed by atoms with E-state index in [1.54, 1.807) is 7.11 Å². The van der Waals surface area contributed by atoms with E-state index in [4.69, 9.17) is 9.47 Å². The number of alkyl halides is 1. The monoisotopic (exact) mass is 224 g/mol. The predicted octanol–water partition coefficient (Wildman–Crippen LogP) is 1.35. The van der Waals surface area contributed by atoms with Gasteiger partial charge in [0.1, 0.15) is 6.61 Å². The summed E-state index contributed by atoms with van der Waals surface area (Å²) in [4.78, 5) is 11.0. The van der Waals surface area contributed by atoms with Gasteiger partial charge in [-0.3, -0.25) is 4.79 Å². The minimum absolute atomic E-state index is 0.210. The van der Waals surface area contributed by atoms with E-state index in [0.717, 1.165) is 0 Å². The van der Waals surface area contributed by atoms with Gasteiger partial charge >= 0.3 is 5.97 Å². The fourth-order valence-electron chi connectivity index (χ4n) is 0.465. The first-order valence-electron chi connectivity index (χ1n) is 3.45. The van der Waals surface area contributed by atoms with Gasteiger partial charge in [0, 0.05) is 11.9 Å². The number of carbonyl (C=O) groups is 1. The molecule has 0 aliphatic rings. The highest BCUT2D eigenvalue weighted by atomic mass is 79.9. The zero-order valence-electron chi connectivity index (χ0n) is 6.80. The predicted molar refractivity (Wildman–Crippen MR) is 45.8 cm³/mol. The molecule has 66 valence electrons. The second-order valence-corrected chi connectivity index (χ2v) is 3.77. The van der Waals surface area contributed by atoms with Crippen molar-refractivity contribution in [2.24, 2.45) is 0 Å². The Morgan fingerprint density at radius 3 is 2.73 bits per heavy atom. The molecule has 0 aromatic heterocycles. The van der Waals surface area contributed by atoms with Gasteiger partial charge in [-0.05, 0) is 6.92 Å². The topological polar surface area (TPSA) is 35.5 Å². The van der Waals surface area contributed by atoms with Gasteiger partial charge in [0.15, 0.2) is 0 Å². The van der Waals surface area contributed by atoms with Crippen LogP contribution in [0.5, 0.6) is 0 Å². The Morgan fingerprint density at radius 1 is 1.64 bits per heavy atom. The molecule has 0 fully saturated rings. The second-order valence-electron chi connectivity index (χ2n) is 2.21. The van der Waals surface area contributed by atoms with Gasteiger partial charge in [0.05, 0.1) is 13.0 Å². The number of halogens is 1. The van der Waals surface area contributed by atoms with E-state index in [-0.39, 0.29) is 10.8 Å². The smallest absolute Gasteiger partial charge is 0.308 e. The Labute approximate surface area is 75.2 Å². The van der Waals surface area contributed by atoms with Crippen LogP contribution in [0, 0.1) is 0 Å². The van der Waals surface area contributed by atoms with Gasteiger partial charge in [-0.1, -0.05) is 15.9 Å². The highest BCUT2D eigenvalue weighted by molar-refractivity contribution is 9.09. The molecule has 1 unspecified atom stereocenters. The first-order chi connectivity index (χ1) is 5.16. The van der Waals surface area contributed by atoms with Crippen LogP contribution in [0.15, 0.2) is 0 Å². The van der Waals surface area contributed by atoms with E-state index >= 15 is 0 Å². The average Bonchev–Trinajstić information content (AvgIpc) is 1.97. The number of ether oxygens (including phenoxy) is 2. The number of rotatable bonds is 5. The fraction of sp³-hybridized carbons (Fsp3) is 0.857. The quantitative estimate of drug-likeness (QED) is 0.523. The summed E-state index contributed by atoms with van der Waals surface area (Å²) in [7, 11) is 1.56. The van der Waals surface area contributed by atoms with E-state index in [1.165, 1.54) is 0 Å². The highest BCUT2D eigenvalue weighted by Gasteiger charge is 2.03. The zero-order chi connectivity index (χ0) is 8.69. The van der Waals surface area contributed by atoms with E-state index in [2.05, 4.69) is 15.9 Å². The van der Waals surface area contributed by atoms with Crippen LogP contribution in [0.4, 0.5) is 0 Å². The Hall–Kier alpha value is -0.0900. The Balaban J connectivity index is 3.23. The van der Waals surface area contributed by atoms with Crippen LogP contribution in [-0.2, 0) is 14.3 Å². The van der Waals surface area contributed by atoms with Crippen LogP contribution in [0.1, 0.15) is 13.3 Å². The van der Waals surface area contributed by atoms with Crippen LogP contribution in [0.25, 0.3) is 0 Å². The average molecular weight is 225 g/mol. The lowest BCUT2D eigenvalue weighted by Crippen LogP contribution is -2.12. The summed E-state index contributed by atoms with van der Waals surface area (Å²) in [6.45, 7) is 2.77. The molecule has 3 nitrogen and oxygen atoms in total. The molecule has 0 aromatic carbocycles. The molecule has 0 aliphatic heterocycles.